The highest BCUT2D eigenvalue weighted by Crippen LogP contribution is 2.31. The first-order chi connectivity index (χ1) is 8.09. The molecule has 0 bridgehead atoms. The van der Waals surface area contributed by atoms with Crippen molar-refractivity contribution in [3.05, 3.63) is 53.1 Å². The number of benzene rings is 2. The minimum absolute atomic E-state index is 0.116. The Balaban J connectivity index is 2.67. The first kappa shape index (κ1) is 11.5. The van der Waals surface area contributed by atoms with Crippen molar-refractivity contribution in [3.63, 3.8) is 0 Å². The quantitative estimate of drug-likeness (QED) is 0.856. The lowest BCUT2D eigenvalue weighted by atomic mass is 9.99. The highest BCUT2D eigenvalue weighted by molar-refractivity contribution is 6.30. The maximum absolute atomic E-state index is 11.1. The van der Waals surface area contributed by atoms with Crippen LogP contribution in [-0.2, 0) is 0 Å². The van der Waals surface area contributed by atoms with Gasteiger partial charge in [-0.2, -0.15) is 0 Å². The maximum atomic E-state index is 11.1. The van der Waals surface area contributed by atoms with Crippen molar-refractivity contribution in [3.8, 4) is 16.9 Å². The predicted molar refractivity (Wildman–Crippen MR) is 65.5 cm³/mol. The summed E-state index contributed by atoms with van der Waals surface area (Å²) in [4.78, 5) is 11.1. The number of aromatic hydroxyl groups is 1. The molecule has 0 aromatic heterocycles. The van der Waals surface area contributed by atoms with Gasteiger partial charge in [-0.15, -0.1) is 0 Å². The molecule has 17 heavy (non-hydrogen) atoms. The lowest BCUT2D eigenvalue weighted by molar-refractivity contribution is 0.0694. The number of phenols is 1. The van der Waals surface area contributed by atoms with Crippen molar-refractivity contribution in [2.75, 3.05) is 0 Å². The molecule has 0 saturated heterocycles. The molecule has 4 heteroatoms. The number of hydrogen-bond acceptors (Lipinski definition) is 2. The van der Waals surface area contributed by atoms with Gasteiger partial charge in [0.2, 0.25) is 0 Å². The summed E-state index contributed by atoms with van der Waals surface area (Å²) in [5.74, 6) is -1.42. The van der Waals surface area contributed by atoms with E-state index in [1.807, 2.05) is 0 Å². The molecule has 86 valence electrons. The highest BCUT2D eigenvalue weighted by atomic mass is 35.5. The molecule has 2 aromatic carbocycles. The molecule has 0 atom stereocenters. The SMILES string of the molecule is O=C(O)c1c(O)cccc1-c1cccc(Cl)c1. The van der Waals surface area contributed by atoms with Gasteiger partial charge in [0.25, 0.3) is 0 Å². The van der Waals surface area contributed by atoms with E-state index in [1.54, 1.807) is 36.4 Å². The summed E-state index contributed by atoms with van der Waals surface area (Å²) in [5, 5.41) is 19.2. The Hall–Kier alpha value is -2.00. The lowest BCUT2D eigenvalue weighted by Gasteiger charge is -2.08. The third-order valence-electron chi connectivity index (χ3n) is 2.39. The number of hydrogen-bond donors (Lipinski definition) is 2. The van der Waals surface area contributed by atoms with E-state index in [9.17, 15) is 9.90 Å². The molecule has 0 aliphatic rings. The molecule has 0 unspecified atom stereocenters. The smallest absolute Gasteiger partial charge is 0.340 e. The first-order valence-electron chi connectivity index (χ1n) is 4.91. The summed E-state index contributed by atoms with van der Waals surface area (Å²) in [6, 6.07) is 11.4. The largest absolute Gasteiger partial charge is 0.507 e. The fourth-order valence-electron chi connectivity index (χ4n) is 1.66. The minimum atomic E-state index is -1.17. The van der Waals surface area contributed by atoms with Crippen LogP contribution in [0.15, 0.2) is 42.5 Å². The summed E-state index contributed by atoms with van der Waals surface area (Å²) in [6.07, 6.45) is 0. The standard InChI is InChI=1S/C13H9ClO3/c14-9-4-1-3-8(7-9)10-5-2-6-11(15)12(10)13(16)17/h1-7,15H,(H,16,17). The molecule has 0 spiro atoms. The van der Waals surface area contributed by atoms with E-state index in [-0.39, 0.29) is 11.3 Å². The molecule has 0 heterocycles. The van der Waals surface area contributed by atoms with E-state index in [1.165, 1.54) is 6.07 Å². The average Bonchev–Trinajstić information content (AvgIpc) is 2.28. The summed E-state index contributed by atoms with van der Waals surface area (Å²) < 4.78 is 0. The van der Waals surface area contributed by atoms with Gasteiger partial charge in [-0.25, -0.2) is 4.79 Å². The van der Waals surface area contributed by atoms with Crippen LogP contribution in [0.4, 0.5) is 0 Å². The number of carbonyl (C=O) groups is 1. The van der Waals surface area contributed by atoms with Crippen LogP contribution in [0.2, 0.25) is 5.02 Å². The van der Waals surface area contributed by atoms with Crippen LogP contribution in [0.25, 0.3) is 11.1 Å². The summed E-state index contributed by atoms with van der Waals surface area (Å²) in [6.45, 7) is 0. The topological polar surface area (TPSA) is 57.5 Å². The zero-order valence-electron chi connectivity index (χ0n) is 8.72. The second-order valence-corrected chi connectivity index (χ2v) is 3.95. The van der Waals surface area contributed by atoms with Gasteiger partial charge >= 0.3 is 5.97 Å². The molecule has 0 fully saturated rings. The molecule has 3 nitrogen and oxygen atoms in total. The van der Waals surface area contributed by atoms with Gasteiger partial charge in [-0.05, 0) is 29.3 Å². The Morgan fingerprint density at radius 3 is 2.47 bits per heavy atom. The third-order valence-corrected chi connectivity index (χ3v) is 2.63. The Kier molecular flexibility index (Phi) is 3.02. The number of rotatable bonds is 2. The molecule has 0 aliphatic heterocycles. The number of halogens is 1. The number of carboxylic acids is 1. The highest BCUT2D eigenvalue weighted by Gasteiger charge is 2.16. The second kappa shape index (κ2) is 4.47. The fraction of sp³-hybridized carbons (Fsp3) is 0. The molecule has 0 aliphatic carbocycles. The summed E-state index contributed by atoms with van der Waals surface area (Å²) in [5.41, 5.74) is 0.987. The zero-order valence-corrected chi connectivity index (χ0v) is 9.48. The predicted octanol–water partition coefficient (Wildman–Crippen LogP) is 3.41. The molecule has 2 aromatic rings. The van der Waals surface area contributed by atoms with Crippen molar-refractivity contribution in [1.82, 2.24) is 0 Å². The summed E-state index contributed by atoms with van der Waals surface area (Å²) in [7, 11) is 0. The van der Waals surface area contributed by atoms with Gasteiger partial charge in [-0.1, -0.05) is 35.9 Å². The molecule has 0 amide bonds. The molecular weight excluding hydrogens is 240 g/mol. The monoisotopic (exact) mass is 248 g/mol. The van der Waals surface area contributed by atoms with Gasteiger partial charge < -0.3 is 10.2 Å². The molecule has 0 saturated carbocycles. The van der Waals surface area contributed by atoms with Gasteiger partial charge in [0.05, 0.1) is 0 Å². The first-order valence-corrected chi connectivity index (χ1v) is 5.28. The fourth-order valence-corrected chi connectivity index (χ4v) is 1.85. The van der Waals surface area contributed by atoms with Crippen LogP contribution in [0.3, 0.4) is 0 Å². The lowest BCUT2D eigenvalue weighted by Crippen LogP contribution is -1.99. The second-order valence-electron chi connectivity index (χ2n) is 3.52. The minimum Gasteiger partial charge on any atom is -0.507 e. The molecule has 2 N–H and O–H groups in total. The summed E-state index contributed by atoms with van der Waals surface area (Å²) >= 11 is 5.86. The van der Waals surface area contributed by atoms with Crippen LogP contribution in [0, 0.1) is 0 Å². The van der Waals surface area contributed by atoms with Gasteiger partial charge in [0.1, 0.15) is 11.3 Å². The Bertz CT molecular complexity index is 579. The van der Waals surface area contributed by atoms with E-state index in [0.29, 0.717) is 16.1 Å². The third kappa shape index (κ3) is 2.24. The van der Waals surface area contributed by atoms with Crippen LogP contribution in [0.1, 0.15) is 10.4 Å². The van der Waals surface area contributed by atoms with Crippen LogP contribution in [0.5, 0.6) is 5.75 Å². The van der Waals surface area contributed by atoms with E-state index in [0.717, 1.165) is 0 Å². The Labute approximate surface area is 103 Å². The van der Waals surface area contributed by atoms with Crippen molar-refractivity contribution in [2.45, 2.75) is 0 Å². The van der Waals surface area contributed by atoms with Crippen molar-refractivity contribution in [2.24, 2.45) is 0 Å². The van der Waals surface area contributed by atoms with Crippen molar-refractivity contribution >= 4 is 17.6 Å². The van der Waals surface area contributed by atoms with Gasteiger partial charge in [0.15, 0.2) is 0 Å². The van der Waals surface area contributed by atoms with Crippen molar-refractivity contribution in [1.29, 1.82) is 0 Å². The van der Waals surface area contributed by atoms with Crippen LogP contribution >= 0.6 is 11.6 Å². The van der Waals surface area contributed by atoms with Gasteiger partial charge in [0, 0.05) is 5.02 Å². The number of aromatic carboxylic acids is 1. The Morgan fingerprint density at radius 2 is 1.82 bits per heavy atom. The normalized spacial score (nSPS) is 10.2. The molecular formula is C13H9ClO3. The van der Waals surface area contributed by atoms with Gasteiger partial charge in [-0.3, -0.25) is 0 Å². The maximum Gasteiger partial charge on any atom is 0.340 e. The molecule has 0 radical (unpaired) electrons. The van der Waals surface area contributed by atoms with E-state index >= 15 is 0 Å². The molecule has 2 rings (SSSR count). The van der Waals surface area contributed by atoms with Crippen LogP contribution < -0.4 is 0 Å². The van der Waals surface area contributed by atoms with Crippen LogP contribution in [-0.4, -0.2) is 16.2 Å². The Morgan fingerprint density at radius 1 is 1.12 bits per heavy atom. The van der Waals surface area contributed by atoms with Crippen molar-refractivity contribution < 1.29 is 15.0 Å². The average molecular weight is 249 g/mol. The van der Waals surface area contributed by atoms with E-state index in [2.05, 4.69) is 0 Å². The number of carboxylic acid groups (broad SMARTS) is 1. The zero-order chi connectivity index (χ0) is 12.4. The van der Waals surface area contributed by atoms with E-state index < -0.39 is 5.97 Å². The van der Waals surface area contributed by atoms with E-state index in [4.69, 9.17) is 16.7 Å².